The van der Waals surface area contributed by atoms with Crippen molar-refractivity contribution >= 4 is 33.4 Å². The third-order valence-electron chi connectivity index (χ3n) is 6.66. The predicted molar refractivity (Wildman–Crippen MR) is 129 cm³/mol. The summed E-state index contributed by atoms with van der Waals surface area (Å²) in [5.74, 6) is 1.76. The predicted octanol–water partition coefficient (Wildman–Crippen LogP) is 4.14. The summed E-state index contributed by atoms with van der Waals surface area (Å²) < 4.78 is 12.1. The molecule has 3 aromatic heterocycles. The average Bonchev–Trinajstić information content (AvgIpc) is 3.34. The van der Waals surface area contributed by atoms with Crippen molar-refractivity contribution in [2.24, 2.45) is 0 Å². The molecule has 0 radical (unpaired) electrons. The number of rotatable bonds is 5. The molecule has 0 unspecified atom stereocenters. The Balaban J connectivity index is 1.14. The Hall–Kier alpha value is -3.39. The van der Waals surface area contributed by atoms with Crippen LogP contribution in [0.1, 0.15) is 25.7 Å². The molecule has 1 aromatic carbocycles. The lowest BCUT2D eigenvalue weighted by Crippen LogP contribution is -2.36. The normalized spacial score (nSPS) is 21.4. The summed E-state index contributed by atoms with van der Waals surface area (Å²) in [4.78, 5) is 19.3. The van der Waals surface area contributed by atoms with Crippen LogP contribution in [0.25, 0.3) is 21.9 Å². The van der Waals surface area contributed by atoms with E-state index in [-0.39, 0.29) is 6.10 Å². The van der Waals surface area contributed by atoms with Gasteiger partial charge in [0.25, 0.3) is 0 Å². The fourth-order valence-electron chi connectivity index (χ4n) is 4.86. The highest BCUT2D eigenvalue weighted by molar-refractivity contribution is 5.85. The van der Waals surface area contributed by atoms with E-state index < -0.39 is 0 Å². The van der Waals surface area contributed by atoms with E-state index in [1.807, 2.05) is 18.5 Å². The van der Waals surface area contributed by atoms with E-state index in [1.165, 1.54) is 0 Å². The first-order valence-electron chi connectivity index (χ1n) is 11.8. The van der Waals surface area contributed by atoms with Crippen LogP contribution in [0.5, 0.6) is 5.75 Å². The van der Waals surface area contributed by atoms with Crippen molar-refractivity contribution in [1.82, 2.24) is 19.9 Å². The largest absolute Gasteiger partial charge is 0.488 e. The zero-order valence-electron chi connectivity index (χ0n) is 18.5. The standard InChI is InChI=1S/C25H28N6O2/c1-3-20(4-2-18(1)30-24-15-21-17(16-29-24)5-6-26-21)33-23-14-19(31-9-11-32-12-10-31)13-22-25(23)28-8-7-27-22/h5-8,13-16,18,20,26H,1-4,9-12H2,(H,29,30)/t18-,20+. The number of benzene rings is 1. The molecule has 4 aromatic rings. The quantitative estimate of drug-likeness (QED) is 0.478. The molecule has 170 valence electrons. The summed E-state index contributed by atoms with van der Waals surface area (Å²) in [5.41, 5.74) is 3.94. The van der Waals surface area contributed by atoms with Crippen LogP contribution in [0.2, 0.25) is 0 Å². The van der Waals surface area contributed by atoms with Crippen LogP contribution in [-0.2, 0) is 4.74 Å². The van der Waals surface area contributed by atoms with Gasteiger partial charge in [0.15, 0.2) is 0 Å². The maximum absolute atomic E-state index is 6.54. The van der Waals surface area contributed by atoms with E-state index >= 15 is 0 Å². The number of anilines is 2. The lowest BCUT2D eigenvalue weighted by atomic mass is 9.93. The number of pyridine rings is 1. The number of hydrogen-bond donors (Lipinski definition) is 2. The van der Waals surface area contributed by atoms with Crippen molar-refractivity contribution in [3.8, 4) is 5.75 Å². The first-order valence-corrected chi connectivity index (χ1v) is 11.8. The third-order valence-corrected chi connectivity index (χ3v) is 6.66. The van der Waals surface area contributed by atoms with Crippen LogP contribution in [0.4, 0.5) is 11.5 Å². The number of hydrogen-bond acceptors (Lipinski definition) is 7. The molecular formula is C25H28N6O2. The molecule has 2 aliphatic rings. The van der Waals surface area contributed by atoms with Crippen LogP contribution in [0, 0.1) is 0 Å². The lowest BCUT2D eigenvalue weighted by molar-refractivity contribution is 0.122. The number of fused-ring (bicyclic) bond motifs is 2. The van der Waals surface area contributed by atoms with Crippen molar-refractivity contribution in [3.63, 3.8) is 0 Å². The average molecular weight is 445 g/mol. The number of aromatic nitrogens is 4. The first-order chi connectivity index (χ1) is 16.3. The zero-order chi connectivity index (χ0) is 22.0. The minimum Gasteiger partial charge on any atom is -0.488 e. The second kappa shape index (κ2) is 8.86. The molecule has 1 saturated heterocycles. The lowest BCUT2D eigenvalue weighted by Gasteiger charge is -2.31. The van der Waals surface area contributed by atoms with Crippen LogP contribution in [0.15, 0.2) is 49.1 Å². The molecular weight excluding hydrogens is 416 g/mol. The molecule has 2 fully saturated rings. The molecule has 1 aliphatic heterocycles. The van der Waals surface area contributed by atoms with Crippen molar-refractivity contribution in [2.75, 3.05) is 36.5 Å². The molecule has 0 amide bonds. The summed E-state index contributed by atoms with van der Waals surface area (Å²) in [5, 5.41) is 4.73. The Labute approximate surface area is 192 Å². The Morgan fingerprint density at radius 1 is 1.00 bits per heavy atom. The summed E-state index contributed by atoms with van der Waals surface area (Å²) in [6.45, 7) is 3.25. The van der Waals surface area contributed by atoms with Crippen LogP contribution >= 0.6 is 0 Å². The SMILES string of the molecule is c1cnc2c(O[C@H]3CC[C@@H](Nc4cc5[nH]ccc5cn4)CC3)cc(N3CCOCC3)cc2n1. The van der Waals surface area contributed by atoms with Gasteiger partial charge in [0.1, 0.15) is 17.1 Å². The minimum absolute atomic E-state index is 0.173. The van der Waals surface area contributed by atoms with E-state index in [0.29, 0.717) is 6.04 Å². The molecule has 0 spiro atoms. The molecule has 1 aliphatic carbocycles. The number of H-pyrrole nitrogens is 1. The summed E-state index contributed by atoms with van der Waals surface area (Å²) in [6, 6.07) is 8.76. The summed E-state index contributed by atoms with van der Waals surface area (Å²) in [6.07, 6.45) is 11.6. The second-order valence-electron chi connectivity index (χ2n) is 8.84. The van der Waals surface area contributed by atoms with Crippen LogP contribution in [0.3, 0.4) is 0 Å². The number of nitrogens with zero attached hydrogens (tertiary/aromatic N) is 4. The van der Waals surface area contributed by atoms with Gasteiger partial charge in [-0.25, -0.2) is 9.97 Å². The maximum atomic E-state index is 6.54. The van der Waals surface area contributed by atoms with Crippen molar-refractivity contribution in [2.45, 2.75) is 37.8 Å². The molecule has 33 heavy (non-hydrogen) atoms. The van der Waals surface area contributed by atoms with E-state index in [9.17, 15) is 0 Å². The van der Waals surface area contributed by atoms with Gasteiger partial charge in [0.2, 0.25) is 0 Å². The number of aromatic amines is 1. The van der Waals surface area contributed by atoms with Gasteiger partial charge >= 0.3 is 0 Å². The Kier molecular flexibility index (Phi) is 5.43. The number of morpholine rings is 1. The van der Waals surface area contributed by atoms with Crippen LogP contribution < -0.4 is 15.0 Å². The highest BCUT2D eigenvalue weighted by Gasteiger charge is 2.24. The topological polar surface area (TPSA) is 88.2 Å². The van der Waals surface area contributed by atoms with Crippen molar-refractivity contribution < 1.29 is 9.47 Å². The summed E-state index contributed by atoms with van der Waals surface area (Å²) in [7, 11) is 0. The van der Waals surface area contributed by atoms with Gasteiger partial charge in [0.05, 0.1) is 30.4 Å². The van der Waals surface area contributed by atoms with E-state index in [2.05, 4.69) is 48.4 Å². The molecule has 4 heterocycles. The second-order valence-corrected chi connectivity index (χ2v) is 8.84. The van der Waals surface area contributed by atoms with Gasteiger partial charge in [-0.05, 0) is 37.8 Å². The highest BCUT2D eigenvalue weighted by atomic mass is 16.5. The van der Waals surface area contributed by atoms with Gasteiger partial charge in [-0.1, -0.05) is 0 Å². The minimum atomic E-state index is 0.173. The first kappa shape index (κ1) is 20.2. The van der Waals surface area contributed by atoms with E-state index in [4.69, 9.17) is 9.47 Å². The number of ether oxygens (including phenoxy) is 2. The zero-order valence-corrected chi connectivity index (χ0v) is 18.5. The fraction of sp³-hybridized carbons (Fsp3) is 0.400. The monoisotopic (exact) mass is 444 g/mol. The molecule has 0 bridgehead atoms. The molecule has 8 heteroatoms. The summed E-state index contributed by atoms with van der Waals surface area (Å²) >= 11 is 0. The maximum Gasteiger partial charge on any atom is 0.149 e. The molecule has 1 saturated carbocycles. The molecule has 2 N–H and O–H groups in total. The van der Waals surface area contributed by atoms with Gasteiger partial charge in [-0.15, -0.1) is 0 Å². The Bertz CT molecular complexity index is 1240. The van der Waals surface area contributed by atoms with Gasteiger partial charge < -0.3 is 24.7 Å². The van der Waals surface area contributed by atoms with E-state index in [1.54, 1.807) is 12.4 Å². The molecule has 6 rings (SSSR count). The van der Waals surface area contributed by atoms with Gasteiger partial charge in [0, 0.05) is 67.1 Å². The van der Waals surface area contributed by atoms with E-state index in [0.717, 1.165) is 91.2 Å². The fourth-order valence-corrected chi connectivity index (χ4v) is 4.86. The third kappa shape index (κ3) is 4.30. The Morgan fingerprint density at radius 3 is 2.73 bits per heavy atom. The van der Waals surface area contributed by atoms with Gasteiger partial charge in [-0.2, -0.15) is 0 Å². The molecule has 8 nitrogen and oxygen atoms in total. The highest BCUT2D eigenvalue weighted by Crippen LogP contribution is 2.33. The van der Waals surface area contributed by atoms with Crippen molar-refractivity contribution in [3.05, 3.63) is 49.1 Å². The smallest absolute Gasteiger partial charge is 0.149 e. The number of nitrogens with one attached hydrogen (secondary N) is 2. The molecule has 0 atom stereocenters. The Morgan fingerprint density at radius 2 is 1.85 bits per heavy atom. The van der Waals surface area contributed by atoms with Gasteiger partial charge in [-0.3, -0.25) is 4.98 Å². The van der Waals surface area contributed by atoms with Crippen molar-refractivity contribution in [1.29, 1.82) is 0 Å². The van der Waals surface area contributed by atoms with Crippen LogP contribution in [-0.4, -0.2) is 58.4 Å².